The number of pyridine rings is 1. The highest BCUT2D eigenvalue weighted by Gasteiger charge is 2.30. The van der Waals surface area contributed by atoms with Crippen molar-refractivity contribution in [3.8, 4) is 0 Å². The first-order valence-electron chi connectivity index (χ1n) is 7.72. The molecule has 5 nitrogen and oxygen atoms in total. The quantitative estimate of drug-likeness (QED) is 0.865. The predicted molar refractivity (Wildman–Crippen MR) is 91.1 cm³/mol. The minimum atomic E-state index is -3.43. The highest BCUT2D eigenvalue weighted by Crippen LogP contribution is 2.24. The van der Waals surface area contributed by atoms with Gasteiger partial charge < -0.3 is 4.90 Å². The molecule has 0 amide bonds. The fraction of sp³-hybridized carbons (Fsp3) is 0.353. The number of piperazine rings is 1. The summed E-state index contributed by atoms with van der Waals surface area (Å²) in [5.74, 6) is 0.899. The molecule has 2 aromatic rings. The molecule has 0 spiro atoms. The third-order valence-corrected chi connectivity index (χ3v) is 6.43. The lowest BCUT2D eigenvalue weighted by Crippen LogP contribution is -2.49. The van der Waals surface area contributed by atoms with Gasteiger partial charge in [0.2, 0.25) is 10.0 Å². The number of nitrogens with zero attached hydrogens (tertiary/aromatic N) is 3. The van der Waals surface area contributed by atoms with Gasteiger partial charge >= 0.3 is 0 Å². The number of benzene rings is 1. The van der Waals surface area contributed by atoms with Gasteiger partial charge in [0, 0.05) is 32.4 Å². The van der Waals surface area contributed by atoms with Crippen LogP contribution < -0.4 is 4.90 Å². The molecule has 0 bridgehead atoms. The van der Waals surface area contributed by atoms with Gasteiger partial charge in [-0.3, -0.25) is 0 Å². The maximum Gasteiger partial charge on any atom is 0.243 e. The van der Waals surface area contributed by atoms with Crippen molar-refractivity contribution in [3.63, 3.8) is 0 Å². The largest absolute Gasteiger partial charge is 0.354 e. The molecule has 3 rings (SSSR count). The van der Waals surface area contributed by atoms with Crippen LogP contribution in [0.25, 0.3) is 0 Å². The van der Waals surface area contributed by atoms with Crippen molar-refractivity contribution in [2.75, 3.05) is 31.1 Å². The molecule has 0 atom stereocenters. The molecule has 0 radical (unpaired) electrons. The van der Waals surface area contributed by atoms with Gasteiger partial charge in [-0.15, -0.1) is 0 Å². The van der Waals surface area contributed by atoms with Gasteiger partial charge in [0.25, 0.3) is 0 Å². The number of sulfonamides is 1. The number of aromatic nitrogens is 1. The summed E-state index contributed by atoms with van der Waals surface area (Å²) < 4.78 is 27.4. The van der Waals surface area contributed by atoms with E-state index in [1.165, 1.54) is 0 Å². The first-order chi connectivity index (χ1) is 11.0. The van der Waals surface area contributed by atoms with E-state index < -0.39 is 10.0 Å². The van der Waals surface area contributed by atoms with Crippen molar-refractivity contribution < 1.29 is 8.42 Å². The Hall–Kier alpha value is -1.92. The molecular formula is C17H21N3O2S. The first-order valence-corrected chi connectivity index (χ1v) is 9.16. The van der Waals surface area contributed by atoms with Crippen LogP contribution >= 0.6 is 0 Å². The number of hydrogen-bond donors (Lipinski definition) is 0. The summed E-state index contributed by atoms with van der Waals surface area (Å²) in [6.07, 6.45) is 1.76. The van der Waals surface area contributed by atoms with Crippen LogP contribution in [0, 0.1) is 13.8 Å². The van der Waals surface area contributed by atoms with Crippen LogP contribution in [0.5, 0.6) is 0 Å². The molecule has 1 aromatic carbocycles. The summed E-state index contributed by atoms with van der Waals surface area (Å²) in [5, 5.41) is 0. The summed E-state index contributed by atoms with van der Waals surface area (Å²) >= 11 is 0. The molecule has 0 unspecified atom stereocenters. The van der Waals surface area contributed by atoms with Crippen LogP contribution in [-0.4, -0.2) is 43.9 Å². The van der Waals surface area contributed by atoms with E-state index in [1.54, 1.807) is 22.6 Å². The van der Waals surface area contributed by atoms with Gasteiger partial charge in [0.05, 0.1) is 4.90 Å². The van der Waals surface area contributed by atoms with Gasteiger partial charge in [-0.25, -0.2) is 13.4 Å². The van der Waals surface area contributed by atoms with Crippen LogP contribution in [0.3, 0.4) is 0 Å². The van der Waals surface area contributed by atoms with Crippen molar-refractivity contribution >= 4 is 15.8 Å². The highest BCUT2D eigenvalue weighted by atomic mass is 32.2. The van der Waals surface area contributed by atoms with Gasteiger partial charge in [-0.2, -0.15) is 4.31 Å². The Morgan fingerprint density at radius 1 is 0.957 bits per heavy atom. The monoisotopic (exact) mass is 331 g/mol. The zero-order valence-electron chi connectivity index (χ0n) is 13.4. The maximum atomic E-state index is 12.9. The van der Waals surface area contributed by atoms with E-state index in [2.05, 4.69) is 9.88 Å². The molecule has 1 aliphatic heterocycles. The molecule has 1 aliphatic rings. The lowest BCUT2D eigenvalue weighted by atomic mass is 10.1. The Bertz CT molecular complexity index is 783. The van der Waals surface area contributed by atoms with Crippen molar-refractivity contribution in [2.24, 2.45) is 0 Å². The summed E-state index contributed by atoms with van der Waals surface area (Å²) in [6, 6.07) is 11.2. The molecule has 1 saturated heterocycles. The molecule has 122 valence electrons. The van der Waals surface area contributed by atoms with Crippen molar-refractivity contribution in [1.82, 2.24) is 9.29 Å². The molecule has 23 heavy (non-hydrogen) atoms. The normalized spacial score (nSPS) is 16.5. The van der Waals surface area contributed by atoms with E-state index in [-0.39, 0.29) is 0 Å². The highest BCUT2D eigenvalue weighted by molar-refractivity contribution is 7.89. The molecular weight excluding hydrogens is 310 g/mol. The molecule has 1 aromatic heterocycles. The number of rotatable bonds is 3. The Kier molecular flexibility index (Phi) is 4.37. The standard InChI is InChI=1S/C17H21N3O2S/c1-14-6-5-7-16(15(14)2)23(21,22)20-12-10-19(11-13-20)17-8-3-4-9-18-17/h3-9H,10-13H2,1-2H3. The van der Waals surface area contributed by atoms with Crippen molar-refractivity contribution in [2.45, 2.75) is 18.7 Å². The lowest BCUT2D eigenvalue weighted by molar-refractivity contribution is 0.383. The maximum absolute atomic E-state index is 12.9. The van der Waals surface area contributed by atoms with Gasteiger partial charge in [0.15, 0.2) is 0 Å². The zero-order valence-corrected chi connectivity index (χ0v) is 14.3. The fourth-order valence-corrected chi connectivity index (χ4v) is 4.56. The average molecular weight is 331 g/mol. The van der Waals surface area contributed by atoms with Gasteiger partial charge in [0.1, 0.15) is 5.82 Å². The van der Waals surface area contributed by atoms with Crippen LogP contribution in [0.4, 0.5) is 5.82 Å². The van der Waals surface area contributed by atoms with Crippen LogP contribution in [0.2, 0.25) is 0 Å². The Balaban J connectivity index is 1.78. The lowest BCUT2D eigenvalue weighted by Gasteiger charge is -2.34. The summed E-state index contributed by atoms with van der Waals surface area (Å²) in [4.78, 5) is 6.87. The number of hydrogen-bond acceptors (Lipinski definition) is 4. The summed E-state index contributed by atoms with van der Waals surface area (Å²) in [7, 11) is -3.43. The van der Waals surface area contributed by atoms with Crippen LogP contribution in [0.1, 0.15) is 11.1 Å². The number of aryl methyl sites for hydroxylation is 1. The van der Waals surface area contributed by atoms with Crippen LogP contribution in [0.15, 0.2) is 47.5 Å². The predicted octanol–water partition coefficient (Wildman–Crippen LogP) is 2.21. The van der Waals surface area contributed by atoms with Crippen molar-refractivity contribution in [3.05, 3.63) is 53.7 Å². The second kappa shape index (κ2) is 6.29. The molecule has 0 aliphatic carbocycles. The SMILES string of the molecule is Cc1cccc(S(=O)(=O)N2CCN(c3ccccn3)CC2)c1C. The van der Waals surface area contributed by atoms with E-state index in [1.807, 2.05) is 38.1 Å². The summed E-state index contributed by atoms with van der Waals surface area (Å²) in [5.41, 5.74) is 1.83. The number of anilines is 1. The minimum Gasteiger partial charge on any atom is -0.354 e. The average Bonchev–Trinajstić information content (AvgIpc) is 2.58. The molecule has 0 N–H and O–H groups in total. The third kappa shape index (κ3) is 3.09. The second-order valence-corrected chi connectivity index (χ2v) is 7.68. The van der Waals surface area contributed by atoms with E-state index in [4.69, 9.17) is 0 Å². The van der Waals surface area contributed by atoms with Gasteiger partial charge in [-0.05, 0) is 43.2 Å². The minimum absolute atomic E-state index is 0.420. The molecule has 6 heteroatoms. The fourth-order valence-electron chi connectivity index (χ4n) is 2.84. The zero-order chi connectivity index (χ0) is 16.4. The van der Waals surface area contributed by atoms with E-state index >= 15 is 0 Å². The molecule has 1 fully saturated rings. The Labute approximate surface area is 137 Å². The third-order valence-electron chi connectivity index (χ3n) is 4.38. The topological polar surface area (TPSA) is 53.5 Å². The summed E-state index contributed by atoms with van der Waals surface area (Å²) in [6.45, 7) is 6.07. The second-order valence-electron chi connectivity index (χ2n) is 5.78. The van der Waals surface area contributed by atoms with E-state index in [0.717, 1.165) is 16.9 Å². The van der Waals surface area contributed by atoms with E-state index in [9.17, 15) is 8.42 Å². The van der Waals surface area contributed by atoms with Crippen LogP contribution in [-0.2, 0) is 10.0 Å². The van der Waals surface area contributed by atoms with E-state index in [0.29, 0.717) is 31.1 Å². The van der Waals surface area contributed by atoms with Gasteiger partial charge in [-0.1, -0.05) is 18.2 Å². The smallest absolute Gasteiger partial charge is 0.243 e. The Morgan fingerprint density at radius 2 is 1.70 bits per heavy atom. The molecule has 0 saturated carbocycles. The molecule has 2 heterocycles. The Morgan fingerprint density at radius 3 is 2.35 bits per heavy atom. The first kappa shape index (κ1) is 16.0. The van der Waals surface area contributed by atoms with Crippen molar-refractivity contribution in [1.29, 1.82) is 0 Å².